The maximum Gasteiger partial charge on any atom is 0.253 e. The summed E-state index contributed by atoms with van der Waals surface area (Å²) in [6.45, 7) is 2.09. The summed E-state index contributed by atoms with van der Waals surface area (Å²) in [7, 11) is 0. The molecule has 5 nitrogen and oxygen atoms in total. The maximum atomic E-state index is 12.0. The van der Waals surface area contributed by atoms with Crippen molar-refractivity contribution in [3.63, 3.8) is 0 Å². The van der Waals surface area contributed by atoms with Crippen LogP contribution < -0.4 is 14.9 Å². The second kappa shape index (κ2) is 7.19. The van der Waals surface area contributed by atoms with E-state index in [0.29, 0.717) is 5.75 Å². The third-order valence-corrected chi connectivity index (χ3v) is 4.32. The van der Waals surface area contributed by atoms with Crippen LogP contribution in [0.5, 0.6) is 11.5 Å². The van der Waals surface area contributed by atoms with E-state index in [9.17, 15) is 4.79 Å². The van der Waals surface area contributed by atoms with Gasteiger partial charge in [0.15, 0.2) is 11.5 Å². The minimum atomic E-state index is -0.230. The Morgan fingerprint density at radius 2 is 2.00 bits per heavy atom. The predicted molar refractivity (Wildman–Crippen MR) is 90.1 cm³/mol. The monoisotopic (exact) mass is 328 g/mol. The van der Waals surface area contributed by atoms with Crippen molar-refractivity contribution in [1.29, 1.82) is 0 Å². The molecule has 0 aliphatic carbocycles. The number of carbonyl (C=O) groups excluding carboxylic acids is 1. The standard InChI is InChI=1S/C17H16N2O3S/c1-12(23-14-5-3-2-4-6-14)17(20)19-18-10-13-7-8-15-16(9-13)22-11-21-15/h2-10,12H,11H2,1H3,(H,19,20). The van der Waals surface area contributed by atoms with Gasteiger partial charge in [-0.05, 0) is 42.8 Å². The minimum absolute atomic E-state index is 0.143. The van der Waals surface area contributed by atoms with Crippen LogP contribution in [0.1, 0.15) is 12.5 Å². The van der Waals surface area contributed by atoms with Crippen LogP contribution in [0, 0.1) is 0 Å². The molecule has 23 heavy (non-hydrogen) atoms. The van der Waals surface area contributed by atoms with Crippen LogP contribution in [0.3, 0.4) is 0 Å². The molecule has 0 aromatic heterocycles. The van der Waals surface area contributed by atoms with Gasteiger partial charge in [-0.3, -0.25) is 4.79 Å². The fourth-order valence-corrected chi connectivity index (χ4v) is 2.89. The van der Waals surface area contributed by atoms with Crippen LogP contribution in [0.15, 0.2) is 58.5 Å². The number of amides is 1. The minimum Gasteiger partial charge on any atom is -0.454 e. The van der Waals surface area contributed by atoms with Crippen LogP contribution in [0.4, 0.5) is 0 Å². The van der Waals surface area contributed by atoms with Crippen molar-refractivity contribution in [2.45, 2.75) is 17.1 Å². The summed E-state index contributed by atoms with van der Waals surface area (Å²) in [5, 5.41) is 3.77. The quantitative estimate of drug-likeness (QED) is 0.521. The van der Waals surface area contributed by atoms with Crippen molar-refractivity contribution in [2.75, 3.05) is 6.79 Å². The number of rotatable bonds is 5. The Bertz CT molecular complexity index is 719. The lowest BCUT2D eigenvalue weighted by Gasteiger charge is -2.09. The van der Waals surface area contributed by atoms with Gasteiger partial charge in [0.1, 0.15) is 0 Å². The van der Waals surface area contributed by atoms with Gasteiger partial charge >= 0.3 is 0 Å². The van der Waals surface area contributed by atoms with Gasteiger partial charge in [0.25, 0.3) is 5.91 Å². The van der Waals surface area contributed by atoms with Crippen molar-refractivity contribution < 1.29 is 14.3 Å². The molecule has 2 aromatic rings. The second-order valence-corrected chi connectivity index (χ2v) is 6.33. The summed E-state index contributed by atoms with van der Waals surface area (Å²) < 4.78 is 10.5. The molecule has 2 aromatic carbocycles. The Hall–Kier alpha value is -2.47. The number of hydrazone groups is 1. The zero-order valence-electron chi connectivity index (χ0n) is 12.6. The van der Waals surface area contributed by atoms with E-state index >= 15 is 0 Å². The molecule has 1 N–H and O–H groups in total. The Morgan fingerprint density at radius 1 is 1.22 bits per heavy atom. The van der Waals surface area contributed by atoms with Gasteiger partial charge in [0, 0.05) is 4.90 Å². The second-order valence-electron chi connectivity index (χ2n) is 4.92. The lowest BCUT2D eigenvalue weighted by Crippen LogP contribution is -2.26. The summed E-state index contributed by atoms with van der Waals surface area (Å²) in [5.41, 5.74) is 3.39. The number of carbonyl (C=O) groups is 1. The fraction of sp³-hybridized carbons (Fsp3) is 0.176. The van der Waals surface area contributed by atoms with E-state index in [-0.39, 0.29) is 18.0 Å². The summed E-state index contributed by atoms with van der Waals surface area (Å²) in [4.78, 5) is 13.1. The van der Waals surface area contributed by atoms with Crippen molar-refractivity contribution in [1.82, 2.24) is 5.43 Å². The molecule has 1 unspecified atom stereocenters. The van der Waals surface area contributed by atoms with Crippen molar-refractivity contribution in [3.8, 4) is 11.5 Å². The smallest absolute Gasteiger partial charge is 0.253 e. The Morgan fingerprint density at radius 3 is 2.83 bits per heavy atom. The molecule has 6 heteroatoms. The number of ether oxygens (including phenoxy) is 2. The number of hydrogen-bond acceptors (Lipinski definition) is 5. The number of thioether (sulfide) groups is 1. The van der Waals surface area contributed by atoms with Crippen LogP contribution in [-0.4, -0.2) is 24.2 Å². The van der Waals surface area contributed by atoms with Gasteiger partial charge in [0.2, 0.25) is 6.79 Å². The molecular weight excluding hydrogens is 312 g/mol. The van der Waals surface area contributed by atoms with Crippen molar-refractivity contribution >= 4 is 23.9 Å². The Labute approximate surface area is 138 Å². The van der Waals surface area contributed by atoms with Crippen LogP contribution in [0.25, 0.3) is 0 Å². The first kappa shape index (κ1) is 15.4. The predicted octanol–water partition coefficient (Wildman–Crippen LogP) is 3.05. The summed E-state index contributed by atoms with van der Waals surface area (Å²) in [6, 6.07) is 15.3. The fourth-order valence-electron chi connectivity index (χ4n) is 2.01. The highest BCUT2D eigenvalue weighted by molar-refractivity contribution is 8.00. The number of nitrogens with zero attached hydrogens (tertiary/aromatic N) is 1. The summed E-state index contributed by atoms with van der Waals surface area (Å²) >= 11 is 1.49. The van der Waals surface area contributed by atoms with E-state index in [4.69, 9.17) is 9.47 Å². The van der Waals surface area contributed by atoms with Crippen molar-refractivity contribution in [2.24, 2.45) is 5.10 Å². The highest BCUT2D eigenvalue weighted by Crippen LogP contribution is 2.31. The van der Waals surface area contributed by atoms with Gasteiger partial charge in [-0.1, -0.05) is 18.2 Å². The Kier molecular flexibility index (Phi) is 4.83. The molecule has 0 spiro atoms. The average molecular weight is 328 g/mol. The molecule has 0 bridgehead atoms. The normalized spacial score (nSPS) is 14.0. The SMILES string of the molecule is CC(Sc1ccccc1)C(=O)NN=Cc1ccc2c(c1)OCO2. The number of fused-ring (bicyclic) bond motifs is 1. The molecule has 1 atom stereocenters. The molecule has 0 fully saturated rings. The molecule has 0 saturated heterocycles. The first-order valence-corrected chi connectivity index (χ1v) is 8.04. The highest BCUT2D eigenvalue weighted by atomic mass is 32.2. The van der Waals surface area contributed by atoms with Gasteiger partial charge in [-0.15, -0.1) is 11.8 Å². The van der Waals surface area contributed by atoms with E-state index in [2.05, 4.69) is 10.5 Å². The zero-order valence-corrected chi connectivity index (χ0v) is 13.4. The molecular formula is C17H16N2O3S. The molecule has 118 valence electrons. The molecule has 1 aliphatic heterocycles. The van der Waals surface area contributed by atoms with E-state index in [1.807, 2.05) is 55.5 Å². The average Bonchev–Trinajstić information content (AvgIpc) is 3.03. The molecule has 0 saturated carbocycles. The van der Waals surface area contributed by atoms with Crippen LogP contribution >= 0.6 is 11.8 Å². The maximum absolute atomic E-state index is 12.0. The lowest BCUT2D eigenvalue weighted by molar-refractivity contribution is -0.120. The largest absolute Gasteiger partial charge is 0.454 e. The van der Waals surface area contributed by atoms with Crippen molar-refractivity contribution in [3.05, 3.63) is 54.1 Å². The van der Waals surface area contributed by atoms with E-state index < -0.39 is 0 Å². The molecule has 3 rings (SSSR count). The first-order valence-electron chi connectivity index (χ1n) is 7.16. The highest BCUT2D eigenvalue weighted by Gasteiger charge is 2.14. The third-order valence-electron chi connectivity index (χ3n) is 3.21. The third kappa shape index (κ3) is 4.04. The molecule has 1 aliphatic rings. The first-order chi connectivity index (χ1) is 11.2. The van der Waals surface area contributed by atoms with Gasteiger partial charge < -0.3 is 9.47 Å². The Balaban J connectivity index is 1.54. The summed E-state index contributed by atoms with van der Waals surface area (Å²) in [5.74, 6) is 1.27. The van der Waals surface area contributed by atoms with Gasteiger partial charge in [0.05, 0.1) is 11.5 Å². The summed E-state index contributed by atoms with van der Waals surface area (Å²) in [6.07, 6.45) is 1.58. The number of nitrogens with one attached hydrogen (secondary N) is 1. The lowest BCUT2D eigenvalue weighted by atomic mass is 10.2. The van der Waals surface area contributed by atoms with Crippen LogP contribution in [-0.2, 0) is 4.79 Å². The van der Waals surface area contributed by atoms with E-state index in [1.54, 1.807) is 6.21 Å². The number of hydrogen-bond donors (Lipinski definition) is 1. The van der Waals surface area contributed by atoms with Gasteiger partial charge in [-0.2, -0.15) is 5.10 Å². The topological polar surface area (TPSA) is 59.9 Å². The molecule has 1 heterocycles. The zero-order chi connectivity index (χ0) is 16.1. The van der Waals surface area contributed by atoms with Gasteiger partial charge in [-0.25, -0.2) is 5.43 Å². The molecule has 0 radical (unpaired) electrons. The van der Waals surface area contributed by atoms with E-state index in [1.165, 1.54) is 11.8 Å². The molecule has 1 amide bonds. The van der Waals surface area contributed by atoms with Crippen LogP contribution in [0.2, 0.25) is 0 Å². The number of benzene rings is 2. The van der Waals surface area contributed by atoms with E-state index in [0.717, 1.165) is 16.2 Å².